The van der Waals surface area contributed by atoms with Gasteiger partial charge >= 0.3 is 11.8 Å². The predicted octanol–water partition coefficient (Wildman–Crippen LogP) is 3.53. The van der Waals surface area contributed by atoms with Gasteiger partial charge in [0.1, 0.15) is 5.82 Å². The maximum Gasteiger partial charge on any atom is 0.417 e. The van der Waals surface area contributed by atoms with Gasteiger partial charge in [-0.3, -0.25) is 9.88 Å². The van der Waals surface area contributed by atoms with E-state index in [1.54, 1.807) is 4.90 Å². The third-order valence-electron chi connectivity index (χ3n) is 6.18. The quantitative estimate of drug-likeness (QED) is 0.692. The molecule has 2 amide bonds. The molecule has 2 unspecified atom stereocenters. The lowest BCUT2D eigenvalue weighted by Crippen LogP contribution is -2.42. The SMILES string of the molecule is O=C(Nc1cc2oc(=O)[nH]c2cc1F)N1CCC2CCC(C1)N2Cc1ccccc1. The number of likely N-dealkylation sites (tertiary alicyclic amines) is 1. The number of urea groups is 1. The van der Waals surface area contributed by atoms with Gasteiger partial charge in [0.05, 0.1) is 11.2 Å². The van der Waals surface area contributed by atoms with Crippen LogP contribution in [0.15, 0.2) is 51.7 Å². The molecule has 1 aromatic heterocycles. The Bertz CT molecular complexity index is 1130. The molecule has 0 saturated carbocycles. The molecule has 0 aliphatic carbocycles. The monoisotopic (exact) mass is 410 g/mol. The van der Waals surface area contributed by atoms with Crippen LogP contribution in [-0.2, 0) is 6.54 Å². The molecule has 5 rings (SSSR count). The first-order valence-corrected chi connectivity index (χ1v) is 10.2. The van der Waals surface area contributed by atoms with Crippen molar-refractivity contribution in [1.29, 1.82) is 0 Å². The van der Waals surface area contributed by atoms with E-state index < -0.39 is 11.6 Å². The summed E-state index contributed by atoms with van der Waals surface area (Å²) in [5, 5.41) is 2.65. The van der Waals surface area contributed by atoms with Gasteiger partial charge in [0, 0.05) is 43.9 Å². The third kappa shape index (κ3) is 3.59. The molecule has 2 aromatic carbocycles. The second kappa shape index (κ2) is 7.60. The summed E-state index contributed by atoms with van der Waals surface area (Å²) in [6.45, 7) is 2.11. The number of oxazole rings is 1. The Morgan fingerprint density at radius 1 is 1.17 bits per heavy atom. The van der Waals surface area contributed by atoms with Gasteiger partial charge in [0.15, 0.2) is 5.58 Å². The van der Waals surface area contributed by atoms with Crippen molar-refractivity contribution in [2.45, 2.75) is 37.9 Å². The molecule has 2 atom stereocenters. The van der Waals surface area contributed by atoms with E-state index in [0.717, 1.165) is 31.9 Å². The second-order valence-electron chi connectivity index (χ2n) is 8.05. The number of aromatic nitrogens is 1. The summed E-state index contributed by atoms with van der Waals surface area (Å²) in [4.78, 5) is 30.9. The van der Waals surface area contributed by atoms with Crippen LogP contribution < -0.4 is 11.1 Å². The molecule has 2 N–H and O–H groups in total. The van der Waals surface area contributed by atoms with E-state index in [-0.39, 0.29) is 22.8 Å². The zero-order valence-corrected chi connectivity index (χ0v) is 16.4. The number of hydrogen-bond acceptors (Lipinski definition) is 4. The highest BCUT2D eigenvalue weighted by Gasteiger charge is 2.38. The average Bonchev–Trinajstić information content (AvgIpc) is 3.20. The van der Waals surface area contributed by atoms with Crippen LogP contribution in [-0.4, -0.2) is 46.0 Å². The van der Waals surface area contributed by atoms with Crippen molar-refractivity contribution >= 4 is 22.8 Å². The topological polar surface area (TPSA) is 81.6 Å². The minimum absolute atomic E-state index is 0.00537. The number of rotatable bonds is 3. The molecule has 156 valence electrons. The summed E-state index contributed by atoms with van der Waals surface area (Å²) in [5.41, 5.74) is 1.75. The molecule has 2 aliphatic rings. The van der Waals surface area contributed by atoms with Gasteiger partial charge in [-0.1, -0.05) is 30.3 Å². The number of halogens is 1. The molecule has 30 heavy (non-hydrogen) atoms. The second-order valence-corrected chi connectivity index (χ2v) is 8.05. The summed E-state index contributed by atoms with van der Waals surface area (Å²) in [6, 6.07) is 13.3. The van der Waals surface area contributed by atoms with Crippen LogP contribution >= 0.6 is 0 Å². The minimum atomic E-state index is -0.657. The molecule has 2 fully saturated rings. The Morgan fingerprint density at radius 3 is 2.80 bits per heavy atom. The number of hydrogen-bond donors (Lipinski definition) is 2. The summed E-state index contributed by atoms with van der Waals surface area (Å²) >= 11 is 0. The summed E-state index contributed by atoms with van der Waals surface area (Å²) < 4.78 is 19.4. The largest absolute Gasteiger partial charge is 0.417 e. The predicted molar refractivity (Wildman–Crippen MR) is 111 cm³/mol. The van der Waals surface area contributed by atoms with Gasteiger partial charge < -0.3 is 14.6 Å². The molecule has 2 saturated heterocycles. The highest BCUT2D eigenvalue weighted by atomic mass is 19.1. The lowest BCUT2D eigenvalue weighted by molar-refractivity contribution is 0.178. The van der Waals surface area contributed by atoms with E-state index in [9.17, 15) is 14.0 Å². The van der Waals surface area contributed by atoms with Gasteiger partial charge in [0.25, 0.3) is 0 Å². The summed E-state index contributed by atoms with van der Waals surface area (Å²) in [5.74, 6) is -1.27. The summed E-state index contributed by atoms with van der Waals surface area (Å²) in [7, 11) is 0. The number of H-pyrrole nitrogens is 1. The van der Waals surface area contributed by atoms with Gasteiger partial charge in [-0.15, -0.1) is 0 Å². The number of benzene rings is 2. The number of amides is 2. The van der Waals surface area contributed by atoms with Crippen molar-refractivity contribution in [3.8, 4) is 0 Å². The molecule has 2 bridgehead atoms. The number of fused-ring (bicyclic) bond motifs is 3. The maximum absolute atomic E-state index is 14.4. The lowest BCUT2D eigenvalue weighted by atomic mass is 10.1. The molecule has 3 aromatic rings. The van der Waals surface area contributed by atoms with E-state index in [0.29, 0.717) is 25.2 Å². The standard InChI is InChI=1S/C22H23FN4O3/c23-17-10-19-20(30-22(29)25-19)11-18(17)24-21(28)26-9-8-15-6-7-16(13-26)27(15)12-14-4-2-1-3-5-14/h1-5,10-11,15-16H,6-9,12-13H2,(H,24,28)(H,25,29). The van der Waals surface area contributed by atoms with Crippen LogP contribution in [0.3, 0.4) is 0 Å². The molecule has 8 heteroatoms. The van der Waals surface area contributed by atoms with Crippen molar-refractivity contribution in [1.82, 2.24) is 14.8 Å². The Hall–Kier alpha value is -3.13. The third-order valence-corrected chi connectivity index (χ3v) is 6.18. The fraction of sp³-hybridized carbons (Fsp3) is 0.364. The van der Waals surface area contributed by atoms with Crippen LogP contribution in [0.5, 0.6) is 0 Å². The number of carbonyl (C=O) groups is 1. The minimum Gasteiger partial charge on any atom is -0.408 e. The highest BCUT2D eigenvalue weighted by molar-refractivity contribution is 5.91. The van der Waals surface area contributed by atoms with Crippen LogP contribution in [0.4, 0.5) is 14.9 Å². The fourth-order valence-electron chi connectivity index (χ4n) is 4.67. The first kappa shape index (κ1) is 18.9. The smallest absolute Gasteiger partial charge is 0.408 e. The van der Waals surface area contributed by atoms with Crippen molar-refractivity contribution in [2.24, 2.45) is 0 Å². The molecule has 0 spiro atoms. The van der Waals surface area contributed by atoms with Gasteiger partial charge in [-0.05, 0) is 24.8 Å². The Labute approximate surface area is 172 Å². The van der Waals surface area contributed by atoms with E-state index in [4.69, 9.17) is 4.42 Å². The number of aromatic amines is 1. The Morgan fingerprint density at radius 2 is 1.97 bits per heavy atom. The fourth-order valence-corrected chi connectivity index (χ4v) is 4.67. The molecule has 7 nitrogen and oxygen atoms in total. The zero-order chi connectivity index (χ0) is 20.7. The molecular weight excluding hydrogens is 387 g/mol. The van der Waals surface area contributed by atoms with E-state index >= 15 is 0 Å². The van der Waals surface area contributed by atoms with Gasteiger partial charge in [-0.2, -0.15) is 0 Å². The van der Waals surface area contributed by atoms with Crippen LogP contribution in [0.25, 0.3) is 11.1 Å². The highest BCUT2D eigenvalue weighted by Crippen LogP contribution is 2.32. The van der Waals surface area contributed by atoms with Crippen molar-refractivity contribution in [3.05, 3.63) is 64.4 Å². The molecule has 2 aliphatic heterocycles. The maximum atomic E-state index is 14.4. The van der Waals surface area contributed by atoms with Gasteiger partial charge in [0.2, 0.25) is 0 Å². The zero-order valence-electron chi connectivity index (χ0n) is 16.4. The van der Waals surface area contributed by atoms with Crippen molar-refractivity contribution in [3.63, 3.8) is 0 Å². The molecule has 0 radical (unpaired) electrons. The molecular formula is C22H23FN4O3. The average molecular weight is 410 g/mol. The number of anilines is 1. The van der Waals surface area contributed by atoms with Crippen LogP contribution in [0.2, 0.25) is 0 Å². The van der Waals surface area contributed by atoms with Crippen LogP contribution in [0, 0.1) is 5.82 Å². The normalized spacial score (nSPS) is 21.7. The number of nitrogens with one attached hydrogen (secondary N) is 2. The van der Waals surface area contributed by atoms with E-state index in [2.05, 4.69) is 27.3 Å². The van der Waals surface area contributed by atoms with Crippen molar-refractivity contribution in [2.75, 3.05) is 18.4 Å². The lowest BCUT2D eigenvalue weighted by Gasteiger charge is -2.29. The Balaban J connectivity index is 1.30. The number of carbonyl (C=O) groups excluding carboxylic acids is 1. The first-order valence-electron chi connectivity index (χ1n) is 10.2. The Kier molecular flexibility index (Phi) is 4.78. The van der Waals surface area contributed by atoms with Gasteiger partial charge in [-0.25, -0.2) is 14.0 Å². The first-order chi connectivity index (χ1) is 14.6. The van der Waals surface area contributed by atoms with Crippen molar-refractivity contribution < 1.29 is 13.6 Å². The van der Waals surface area contributed by atoms with Crippen LogP contribution in [0.1, 0.15) is 24.8 Å². The summed E-state index contributed by atoms with van der Waals surface area (Å²) in [6.07, 6.45) is 3.09. The van der Waals surface area contributed by atoms with E-state index in [1.165, 1.54) is 11.6 Å². The molecule has 3 heterocycles. The number of nitrogens with zero attached hydrogens (tertiary/aromatic N) is 2. The van der Waals surface area contributed by atoms with E-state index in [1.807, 2.05) is 18.2 Å².